The third-order valence-corrected chi connectivity index (χ3v) is 7.58. The maximum atomic E-state index is 12.9. The maximum Gasteiger partial charge on any atom is 0.243 e. The van der Waals surface area contributed by atoms with Gasteiger partial charge in [0.1, 0.15) is 5.75 Å². The average Bonchev–Trinajstić information content (AvgIpc) is 2.67. The molecule has 0 N–H and O–H groups in total. The van der Waals surface area contributed by atoms with Crippen LogP contribution in [0.5, 0.6) is 5.75 Å². The number of nitrogens with zero attached hydrogens (tertiary/aromatic N) is 2. The number of hydrogen-bond donors (Lipinski definition) is 0. The Balaban J connectivity index is 1.59. The fraction of sp³-hybridized carbons (Fsp3) is 0.650. The molecule has 1 aromatic carbocycles. The number of benzene rings is 1. The molecule has 0 unspecified atom stereocenters. The number of rotatable bonds is 4. The van der Waals surface area contributed by atoms with Gasteiger partial charge in [0.25, 0.3) is 0 Å². The lowest BCUT2D eigenvalue weighted by atomic mass is 9.95. The van der Waals surface area contributed by atoms with Crippen molar-refractivity contribution in [2.45, 2.75) is 49.8 Å². The fourth-order valence-corrected chi connectivity index (χ4v) is 5.44. The van der Waals surface area contributed by atoms with Gasteiger partial charge in [-0.15, -0.1) is 0 Å². The van der Waals surface area contributed by atoms with Gasteiger partial charge in [-0.1, -0.05) is 19.3 Å². The number of amides is 1. The zero-order chi connectivity index (χ0) is 19.3. The first kappa shape index (κ1) is 20.1. The molecule has 1 aromatic rings. The van der Waals surface area contributed by atoms with E-state index in [2.05, 4.69) is 0 Å². The molecule has 1 amide bonds. The average molecular weight is 395 g/mol. The first-order valence-electron chi connectivity index (χ1n) is 9.95. The highest BCUT2D eigenvalue weighted by molar-refractivity contribution is 7.89. The number of carbonyl (C=O) groups excluding carboxylic acids is 1. The van der Waals surface area contributed by atoms with Crippen molar-refractivity contribution in [3.05, 3.63) is 24.3 Å². The molecular formula is C20H30N2O4S. The zero-order valence-corrected chi connectivity index (χ0v) is 16.9. The lowest BCUT2D eigenvalue weighted by Gasteiger charge is -2.34. The second-order valence-corrected chi connectivity index (χ2v) is 9.38. The molecule has 6 nitrogen and oxygen atoms in total. The Hall–Kier alpha value is -1.60. The molecule has 2 fully saturated rings. The normalized spacial score (nSPS) is 20.7. The first-order valence-corrected chi connectivity index (χ1v) is 11.4. The van der Waals surface area contributed by atoms with Crippen LogP contribution in [0.2, 0.25) is 0 Å². The Labute approximate surface area is 162 Å². The van der Waals surface area contributed by atoms with Crippen LogP contribution in [0.15, 0.2) is 29.2 Å². The number of sulfonamides is 1. The van der Waals surface area contributed by atoms with Crippen LogP contribution in [0.3, 0.4) is 0 Å². The Kier molecular flexibility index (Phi) is 6.76. The summed E-state index contributed by atoms with van der Waals surface area (Å²) in [6.45, 7) is 2.50. The quantitative estimate of drug-likeness (QED) is 0.788. The third-order valence-electron chi connectivity index (χ3n) is 5.67. The molecular weight excluding hydrogens is 364 g/mol. The summed E-state index contributed by atoms with van der Waals surface area (Å²) in [4.78, 5) is 15.1. The van der Waals surface area contributed by atoms with Gasteiger partial charge in [-0.05, 0) is 49.9 Å². The van der Waals surface area contributed by atoms with Gasteiger partial charge in [0.15, 0.2) is 0 Å². The largest absolute Gasteiger partial charge is 0.497 e. The fourth-order valence-electron chi connectivity index (χ4n) is 3.97. The first-order chi connectivity index (χ1) is 13.0. The van der Waals surface area contributed by atoms with Crippen LogP contribution in [-0.4, -0.2) is 56.8 Å². The Morgan fingerprint density at radius 1 is 0.926 bits per heavy atom. The molecule has 150 valence electrons. The summed E-state index contributed by atoms with van der Waals surface area (Å²) in [6.07, 6.45) is 7.02. The molecule has 2 aliphatic rings. The predicted octanol–water partition coefficient (Wildman–Crippen LogP) is 2.89. The van der Waals surface area contributed by atoms with Crippen molar-refractivity contribution in [3.63, 3.8) is 0 Å². The molecule has 2 saturated heterocycles. The topological polar surface area (TPSA) is 66.9 Å². The number of carbonyl (C=O) groups is 1. The van der Waals surface area contributed by atoms with Gasteiger partial charge < -0.3 is 9.64 Å². The smallest absolute Gasteiger partial charge is 0.243 e. The molecule has 2 heterocycles. The van der Waals surface area contributed by atoms with Gasteiger partial charge in [0.2, 0.25) is 15.9 Å². The van der Waals surface area contributed by atoms with Crippen LogP contribution >= 0.6 is 0 Å². The van der Waals surface area contributed by atoms with Crippen LogP contribution in [-0.2, 0) is 14.8 Å². The van der Waals surface area contributed by atoms with E-state index in [0.717, 1.165) is 25.9 Å². The molecule has 0 bridgehead atoms. The van der Waals surface area contributed by atoms with Crippen molar-refractivity contribution >= 4 is 15.9 Å². The van der Waals surface area contributed by atoms with E-state index >= 15 is 0 Å². The van der Waals surface area contributed by atoms with Gasteiger partial charge >= 0.3 is 0 Å². The van der Waals surface area contributed by atoms with Crippen LogP contribution in [0, 0.1) is 5.92 Å². The predicted molar refractivity (Wildman–Crippen MR) is 104 cm³/mol. The summed E-state index contributed by atoms with van der Waals surface area (Å²) in [5, 5.41) is 0. The lowest BCUT2D eigenvalue weighted by molar-refractivity contribution is -0.137. The Morgan fingerprint density at radius 2 is 1.48 bits per heavy atom. The van der Waals surface area contributed by atoms with E-state index in [4.69, 9.17) is 4.74 Å². The summed E-state index contributed by atoms with van der Waals surface area (Å²) in [5.41, 5.74) is 0. The number of likely N-dealkylation sites (tertiary alicyclic amines) is 1. The van der Waals surface area contributed by atoms with Gasteiger partial charge in [0, 0.05) is 32.1 Å². The summed E-state index contributed by atoms with van der Waals surface area (Å²) in [5.74, 6) is 0.802. The molecule has 0 spiro atoms. The molecule has 0 saturated carbocycles. The highest BCUT2D eigenvalue weighted by Crippen LogP contribution is 2.26. The number of piperidine rings is 1. The Bertz CT molecular complexity index is 717. The highest BCUT2D eigenvalue weighted by Gasteiger charge is 2.33. The molecule has 0 radical (unpaired) electrons. The summed E-state index contributed by atoms with van der Waals surface area (Å²) in [7, 11) is -1.97. The third kappa shape index (κ3) is 4.82. The van der Waals surface area contributed by atoms with E-state index in [0.29, 0.717) is 31.7 Å². The second-order valence-electron chi connectivity index (χ2n) is 7.45. The van der Waals surface area contributed by atoms with E-state index in [1.165, 1.54) is 23.6 Å². The second kappa shape index (κ2) is 9.06. The number of hydrogen-bond acceptors (Lipinski definition) is 4. The van der Waals surface area contributed by atoms with Crippen LogP contribution in [0.1, 0.15) is 44.9 Å². The SMILES string of the molecule is COc1ccc(S(=O)(=O)N2CCC(C(=O)N3CCCCCCC3)CC2)cc1. The minimum Gasteiger partial charge on any atom is -0.497 e. The molecule has 2 aliphatic heterocycles. The molecule has 27 heavy (non-hydrogen) atoms. The lowest BCUT2D eigenvalue weighted by Crippen LogP contribution is -2.45. The van der Waals surface area contributed by atoms with Crippen molar-refractivity contribution < 1.29 is 17.9 Å². The van der Waals surface area contributed by atoms with Crippen molar-refractivity contribution in [2.75, 3.05) is 33.3 Å². The monoisotopic (exact) mass is 394 g/mol. The van der Waals surface area contributed by atoms with Crippen LogP contribution in [0.25, 0.3) is 0 Å². The van der Waals surface area contributed by atoms with Crippen LogP contribution < -0.4 is 4.74 Å². The van der Waals surface area contributed by atoms with Crippen molar-refractivity contribution in [1.82, 2.24) is 9.21 Å². The van der Waals surface area contributed by atoms with Crippen molar-refractivity contribution in [3.8, 4) is 5.75 Å². The Morgan fingerprint density at radius 3 is 2.04 bits per heavy atom. The summed E-state index contributed by atoms with van der Waals surface area (Å²) in [6, 6.07) is 6.47. The van der Waals surface area contributed by atoms with Gasteiger partial charge in [-0.2, -0.15) is 4.31 Å². The standard InChI is InChI=1S/C20H30N2O4S/c1-26-18-7-9-19(10-8-18)27(24,25)22-15-11-17(12-16-22)20(23)21-13-5-3-2-4-6-14-21/h7-10,17H,2-6,11-16H2,1H3. The molecule has 0 aliphatic carbocycles. The number of ether oxygens (including phenoxy) is 1. The molecule has 0 aromatic heterocycles. The van der Waals surface area contributed by atoms with Gasteiger partial charge in [-0.3, -0.25) is 4.79 Å². The van der Waals surface area contributed by atoms with Gasteiger partial charge in [0.05, 0.1) is 12.0 Å². The number of methoxy groups -OCH3 is 1. The minimum atomic E-state index is -3.52. The van der Waals surface area contributed by atoms with Crippen LogP contribution in [0.4, 0.5) is 0 Å². The molecule has 3 rings (SSSR count). The maximum absolute atomic E-state index is 12.9. The molecule has 7 heteroatoms. The van der Waals surface area contributed by atoms with E-state index < -0.39 is 10.0 Å². The van der Waals surface area contributed by atoms with Crippen molar-refractivity contribution in [2.24, 2.45) is 5.92 Å². The van der Waals surface area contributed by atoms with E-state index in [-0.39, 0.29) is 16.7 Å². The zero-order valence-electron chi connectivity index (χ0n) is 16.1. The van der Waals surface area contributed by atoms with Crippen molar-refractivity contribution in [1.29, 1.82) is 0 Å². The van der Waals surface area contributed by atoms with E-state index in [1.807, 2.05) is 4.90 Å². The van der Waals surface area contributed by atoms with E-state index in [9.17, 15) is 13.2 Å². The summed E-state index contributed by atoms with van der Waals surface area (Å²) >= 11 is 0. The minimum absolute atomic E-state index is 0.0493. The van der Waals surface area contributed by atoms with Gasteiger partial charge in [-0.25, -0.2) is 8.42 Å². The molecule has 0 atom stereocenters. The summed E-state index contributed by atoms with van der Waals surface area (Å²) < 4.78 is 32.3. The highest BCUT2D eigenvalue weighted by atomic mass is 32.2. The van der Waals surface area contributed by atoms with E-state index in [1.54, 1.807) is 31.4 Å².